The van der Waals surface area contributed by atoms with Crippen molar-refractivity contribution >= 4 is 11.9 Å². The van der Waals surface area contributed by atoms with Crippen LogP contribution in [0.25, 0.3) is 6.08 Å². The topological polar surface area (TPSA) is 26.3 Å². The van der Waals surface area contributed by atoms with Crippen molar-refractivity contribution in [2.24, 2.45) is 0 Å². The first kappa shape index (κ1) is 11.7. The average Bonchev–Trinajstić information content (AvgIpc) is 2.28. The summed E-state index contributed by atoms with van der Waals surface area (Å²) in [7, 11) is 1.54. The molecular formula is C13H16O2. The number of hydrogen-bond acceptors (Lipinski definition) is 2. The Bertz CT molecular complexity index is 361. The van der Waals surface area contributed by atoms with Crippen LogP contribution in [0.2, 0.25) is 0 Å². The number of rotatable bonds is 4. The number of Topliss-reactive ketones (excluding diaryl/α,β-unsaturated/α-hetero) is 1. The van der Waals surface area contributed by atoms with Crippen molar-refractivity contribution in [3.8, 4) is 0 Å². The Kier molecular flexibility index (Phi) is 3.43. The third kappa shape index (κ3) is 2.54. The third-order valence-corrected chi connectivity index (χ3v) is 2.47. The summed E-state index contributed by atoms with van der Waals surface area (Å²) in [5.41, 5.74) is 0.893. The van der Waals surface area contributed by atoms with Crippen LogP contribution < -0.4 is 0 Å². The minimum absolute atomic E-state index is 0.0133. The molecule has 0 spiro atoms. The molecule has 0 saturated carbocycles. The average molecular weight is 204 g/mol. The van der Waals surface area contributed by atoms with Crippen LogP contribution >= 0.6 is 0 Å². The molecule has 0 saturated heterocycles. The Hall–Kier alpha value is -1.41. The first-order chi connectivity index (χ1) is 7.01. The van der Waals surface area contributed by atoms with Crippen molar-refractivity contribution in [2.75, 3.05) is 7.11 Å². The Morgan fingerprint density at radius 2 is 1.87 bits per heavy atom. The SMILES string of the molecule is C=Cc1ccc(C(=O)C(C)(C)OC)cc1. The lowest BCUT2D eigenvalue weighted by molar-refractivity contribution is 0.0228. The smallest absolute Gasteiger partial charge is 0.194 e. The molecule has 15 heavy (non-hydrogen) atoms. The van der Waals surface area contributed by atoms with Crippen molar-refractivity contribution < 1.29 is 9.53 Å². The maximum Gasteiger partial charge on any atom is 0.194 e. The van der Waals surface area contributed by atoms with Gasteiger partial charge in [0.25, 0.3) is 0 Å². The summed E-state index contributed by atoms with van der Waals surface area (Å²) in [5.74, 6) is -0.0133. The zero-order chi connectivity index (χ0) is 11.5. The largest absolute Gasteiger partial charge is 0.371 e. The monoisotopic (exact) mass is 204 g/mol. The summed E-state index contributed by atoms with van der Waals surface area (Å²) >= 11 is 0. The molecule has 0 fully saturated rings. The maximum absolute atomic E-state index is 11.9. The molecule has 0 aliphatic heterocycles. The van der Waals surface area contributed by atoms with Crippen molar-refractivity contribution in [3.05, 3.63) is 42.0 Å². The highest BCUT2D eigenvalue weighted by molar-refractivity contribution is 6.02. The zero-order valence-corrected chi connectivity index (χ0v) is 9.41. The number of ether oxygens (including phenoxy) is 1. The number of ketones is 1. The molecule has 2 nitrogen and oxygen atoms in total. The van der Waals surface area contributed by atoms with E-state index >= 15 is 0 Å². The molecule has 0 aromatic heterocycles. The van der Waals surface area contributed by atoms with Crippen molar-refractivity contribution in [1.29, 1.82) is 0 Å². The van der Waals surface area contributed by atoms with Crippen LogP contribution in [-0.2, 0) is 4.74 Å². The van der Waals surface area contributed by atoms with E-state index in [0.29, 0.717) is 5.56 Å². The van der Waals surface area contributed by atoms with E-state index in [2.05, 4.69) is 6.58 Å². The Morgan fingerprint density at radius 1 is 1.33 bits per heavy atom. The molecule has 0 amide bonds. The quantitative estimate of drug-likeness (QED) is 0.705. The first-order valence-electron chi connectivity index (χ1n) is 4.83. The second-order valence-electron chi connectivity index (χ2n) is 3.87. The van der Waals surface area contributed by atoms with Gasteiger partial charge in [-0.05, 0) is 19.4 Å². The van der Waals surface area contributed by atoms with Gasteiger partial charge in [0.1, 0.15) is 5.60 Å². The van der Waals surface area contributed by atoms with Gasteiger partial charge in [-0.2, -0.15) is 0 Å². The summed E-state index contributed by atoms with van der Waals surface area (Å²) in [4.78, 5) is 11.9. The van der Waals surface area contributed by atoms with Crippen LogP contribution in [0.1, 0.15) is 29.8 Å². The van der Waals surface area contributed by atoms with E-state index < -0.39 is 5.60 Å². The van der Waals surface area contributed by atoms with Gasteiger partial charge in [-0.1, -0.05) is 36.9 Å². The predicted molar refractivity (Wildman–Crippen MR) is 62.0 cm³/mol. The molecule has 0 aliphatic rings. The summed E-state index contributed by atoms with van der Waals surface area (Å²) in [6, 6.07) is 7.32. The number of methoxy groups -OCH3 is 1. The van der Waals surface area contributed by atoms with Gasteiger partial charge in [-0.3, -0.25) is 4.79 Å². The molecule has 80 valence electrons. The zero-order valence-electron chi connectivity index (χ0n) is 9.41. The number of carbonyl (C=O) groups excluding carboxylic acids is 1. The van der Waals surface area contributed by atoms with Crippen LogP contribution in [0.4, 0.5) is 0 Å². The van der Waals surface area contributed by atoms with Crippen LogP contribution in [-0.4, -0.2) is 18.5 Å². The van der Waals surface area contributed by atoms with Gasteiger partial charge in [0.05, 0.1) is 0 Å². The molecule has 0 heterocycles. The van der Waals surface area contributed by atoms with Crippen LogP contribution in [0.15, 0.2) is 30.8 Å². The number of carbonyl (C=O) groups is 1. The second kappa shape index (κ2) is 4.41. The number of benzene rings is 1. The summed E-state index contributed by atoms with van der Waals surface area (Å²) in [6.45, 7) is 7.18. The molecule has 0 bridgehead atoms. The lowest BCUT2D eigenvalue weighted by Crippen LogP contribution is -2.33. The van der Waals surface area contributed by atoms with Gasteiger partial charge < -0.3 is 4.74 Å². The van der Waals surface area contributed by atoms with Gasteiger partial charge in [-0.15, -0.1) is 0 Å². The fourth-order valence-electron chi connectivity index (χ4n) is 1.21. The van der Waals surface area contributed by atoms with Gasteiger partial charge in [0.15, 0.2) is 5.78 Å². The molecule has 1 rings (SSSR count). The fourth-order valence-corrected chi connectivity index (χ4v) is 1.21. The highest BCUT2D eigenvalue weighted by atomic mass is 16.5. The molecule has 0 unspecified atom stereocenters. The molecule has 0 radical (unpaired) electrons. The fraction of sp³-hybridized carbons (Fsp3) is 0.308. The second-order valence-corrected chi connectivity index (χ2v) is 3.87. The minimum atomic E-state index is -0.768. The van der Waals surface area contributed by atoms with E-state index in [1.807, 2.05) is 12.1 Å². The van der Waals surface area contributed by atoms with Gasteiger partial charge in [-0.25, -0.2) is 0 Å². The van der Waals surface area contributed by atoms with Gasteiger partial charge in [0, 0.05) is 12.7 Å². The Labute approximate surface area is 90.6 Å². The molecule has 0 aliphatic carbocycles. The van der Waals surface area contributed by atoms with Crippen LogP contribution in [0.5, 0.6) is 0 Å². The lowest BCUT2D eigenvalue weighted by atomic mass is 9.96. The Morgan fingerprint density at radius 3 is 2.27 bits per heavy atom. The van der Waals surface area contributed by atoms with Crippen molar-refractivity contribution in [2.45, 2.75) is 19.4 Å². The van der Waals surface area contributed by atoms with Crippen molar-refractivity contribution in [1.82, 2.24) is 0 Å². The van der Waals surface area contributed by atoms with Crippen LogP contribution in [0, 0.1) is 0 Å². The molecular weight excluding hydrogens is 188 g/mol. The highest BCUT2D eigenvalue weighted by Crippen LogP contribution is 2.16. The van der Waals surface area contributed by atoms with Gasteiger partial charge >= 0.3 is 0 Å². The lowest BCUT2D eigenvalue weighted by Gasteiger charge is -2.21. The normalized spacial score (nSPS) is 11.1. The van der Waals surface area contributed by atoms with E-state index in [1.54, 1.807) is 32.1 Å². The van der Waals surface area contributed by atoms with Crippen LogP contribution in [0.3, 0.4) is 0 Å². The van der Waals surface area contributed by atoms with Crippen molar-refractivity contribution in [3.63, 3.8) is 0 Å². The maximum atomic E-state index is 11.9. The van der Waals surface area contributed by atoms with E-state index in [-0.39, 0.29) is 5.78 Å². The summed E-state index contributed by atoms with van der Waals surface area (Å²) in [5, 5.41) is 0. The molecule has 0 N–H and O–H groups in total. The summed E-state index contributed by atoms with van der Waals surface area (Å²) in [6.07, 6.45) is 1.75. The molecule has 2 heteroatoms. The first-order valence-corrected chi connectivity index (χ1v) is 4.83. The van der Waals surface area contributed by atoms with Gasteiger partial charge in [0.2, 0.25) is 0 Å². The standard InChI is InChI=1S/C13H16O2/c1-5-10-6-8-11(9-7-10)12(14)13(2,3)15-4/h5-9H,1H2,2-4H3. The van der Waals surface area contributed by atoms with E-state index in [0.717, 1.165) is 5.56 Å². The minimum Gasteiger partial charge on any atom is -0.371 e. The molecule has 1 aromatic rings. The van der Waals surface area contributed by atoms with E-state index in [1.165, 1.54) is 7.11 Å². The third-order valence-electron chi connectivity index (χ3n) is 2.47. The van der Waals surface area contributed by atoms with E-state index in [9.17, 15) is 4.79 Å². The molecule has 1 aromatic carbocycles. The Balaban J connectivity index is 2.97. The van der Waals surface area contributed by atoms with E-state index in [4.69, 9.17) is 4.74 Å². The number of hydrogen-bond donors (Lipinski definition) is 0. The molecule has 0 atom stereocenters. The summed E-state index contributed by atoms with van der Waals surface area (Å²) < 4.78 is 5.14. The predicted octanol–water partition coefficient (Wildman–Crippen LogP) is 2.94. The highest BCUT2D eigenvalue weighted by Gasteiger charge is 2.27.